The molecule has 292 valence electrons. The van der Waals surface area contributed by atoms with Crippen LogP contribution in [0.3, 0.4) is 0 Å². The maximum absolute atomic E-state index is 6.78. The molecule has 0 N–H and O–H groups in total. The third-order valence-corrected chi connectivity index (χ3v) is 13.5. The van der Waals surface area contributed by atoms with Crippen molar-refractivity contribution in [1.82, 2.24) is 19.5 Å². The minimum Gasteiger partial charge on any atom is -0.455 e. The lowest BCUT2D eigenvalue weighted by Gasteiger charge is -2.30. The van der Waals surface area contributed by atoms with Crippen LogP contribution < -0.4 is 0 Å². The minimum absolute atomic E-state index is 0.412. The first-order chi connectivity index (χ1) is 31.2. The number of hydrogen-bond acceptors (Lipinski definition) is 4. The van der Waals surface area contributed by atoms with Gasteiger partial charge in [-0.3, -0.25) is 0 Å². The molecule has 0 amide bonds. The molecule has 3 aromatic heterocycles. The van der Waals surface area contributed by atoms with Gasteiger partial charge < -0.3 is 8.98 Å². The van der Waals surface area contributed by atoms with Crippen molar-refractivity contribution in [3.05, 3.63) is 229 Å². The van der Waals surface area contributed by atoms with Gasteiger partial charge in [-0.1, -0.05) is 164 Å². The molecule has 5 heteroatoms. The third kappa shape index (κ3) is 4.68. The molecule has 0 saturated heterocycles. The first-order valence-electron chi connectivity index (χ1n) is 21.4. The predicted molar refractivity (Wildman–Crippen MR) is 254 cm³/mol. The van der Waals surface area contributed by atoms with Gasteiger partial charge in [0.15, 0.2) is 17.5 Å². The highest BCUT2D eigenvalue weighted by atomic mass is 16.3. The third-order valence-electron chi connectivity index (χ3n) is 13.5. The van der Waals surface area contributed by atoms with E-state index in [0.29, 0.717) is 17.5 Å². The van der Waals surface area contributed by atoms with Crippen molar-refractivity contribution in [2.75, 3.05) is 0 Å². The fraction of sp³-hybridized carbons (Fsp3) is 0.0172. The fourth-order valence-corrected chi connectivity index (χ4v) is 10.9. The molecule has 1 spiro atoms. The predicted octanol–water partition coefficient (Wildman–Crippen LogP) is 14.2. The minimum atomic E-state index is -0.412. The van der Waals surface area contributed by atoms with Crippen molar-refractivity contribution in [1.29, 1.82) is 0 Å². The zero-order chi connectivity index (χ0) is 41.2. The quantitative estimate of drug-likeness (QED) is 0.178. The highest BCUT2D eigenvalue weighted by molar-refractivity contribution is 6.14. The zero-order valence-electron chi connectivity index (χ0n) is 33.8. The number of nitrogens with zero attached hydrogens (tertiary/aromatic N) is 4. The summed E-state index contributed by atoms with van der Waals surface area (Å²) in [5, 5.41) is 4.48. The van der Waals surface area contributed by atoms with Crippen molar-refractivity contribution in [2.24, 2.45) is 0 Å². The van der Waals surface area contributed by atoms with Gasteiger partial charge in [0.2, 0.25) is 0 Å². The Hall–Kier alpha value is -8.41. The van der Waals surface area contributed by atoms with Crippen molar-refractivity contribution in [2.45, 2.75) is 5.41 Å². The fourth-order valence-electron chi connectivity index (χ4n) is 10.9. The average Bonchev–Trinajstić information content (AvgIpc) is 4.07. The number of benzene rings is 9. The lowest BCUT2D eigenvalue weighted by molar-refractivity contribution is 0.669. The van der Waals surface area contributed by atoms with Crippen LogP contribution in [-0.4, -0.2) is 19.5 Å². The Labute approximate surface area is 362 Å². The van der Waals surface area contributed by atoms with Crippen molar-refractivity contribution in [3.63, 3.8) is 0 Å². The van der Waals surface area contributed by atoms with E-state index in [-0.39, 0.29) is 0 Å². The van der Waals surface area contributed by atoms with E-state index in [4.69, 9.17) is 19.4 Å². The Morgan fingerprint density at radius 3 is 1.56 bits per heavy atom. The van der Waals surface area contributed by atoms with E-state index in [9.17, 15) is 0 Å². The van der Waals surface area contributed by atoms with Crippen molar-refractivity contribution < 1.29 is 4.42 Å². The van der Waals surface area contributed by atoms with E-state index in [0.717, 1.165) is 49.8 Å². The Morgan fingerprint density at radius 2 is 0.889 bits per heavy atom. The zero-order valence-corrected chi connectivity index (χ0v) is 33.8. The molecule has 5 nitrogen and oxygen atoms in total. The molecule has 0 fully saturated rings. The van der Waals surface area contributed by atoms with Gasteiger partial charge in [-0.25, -0.2) is 15.0 Å². The van der Waals surface area contributed by atoms with Gasteiger partial charge in [-0.15, -0.1) is 0 Å². The van der Waals surface area contributed by atoms with Gasteiger partial charge in [0, 0.05) is 38.4 Å². The summed E-state index contributed by atoms with van der Waals surface area (Å²) in [6.45, 7) is 0. The van der Waals surface area contributed by atoms with E-state index >= 15 is 0 Å². The topological polar surface area (TPSA) is 56.7 Å². The number of para-hydroxylation sites is 2. The number of rotatable bonds is 4. The summed E-state index contributed by atoms with van der Waals surface area (Å²) in [7, 11) is 0. The SMILES string of the molecule is c1ccc(-c2nc(-c3ccccc3)nc(-c3cccc4c3oc3ccc(-n5c6ccccc6c6cc7c(cc65)-c5ccccc5C75c6ccccc6-c6ccccc65)cc34)n2)cc1. The number of hydrogen-bond donors (Lipinski definition) is 0. The molecule has 0 aliphatic heterocycles. The van der Waals surface area contributed by atoms with E-state index in [2.05, 4.69) is 144 Å². The van der Waals surface area contributed by atoms with Crippen LogP contribution in [0.2, 0.25) is 0 Å². The van der Waals surface area contributed by atoms with Gasteiger partial charge in [0.05, 0.1) is 22.0 Å². The molecule has 0 saturated carbocycles. The number of furan rings is 1. The normalized spacial score (nSPS) is 13.2. The molecule has 14 rings (SSSR count). The van der Waals surface area contributed by atoms with Crippen molar-refractivity contribution in [3.8, 4) is 62.1 Å². The lowest BCUT2D eigenvalue weighted by Crippen LogP contribution is -2.25. The average molecular weight is 803 g/mol. The van der Waals surface area contributed by atoms with Crippen LogP contribution >= 0.6 is 0 Å². The second kappa shape index (κ2) is 12.8. The van der Waals surface area contributed by atoms with E-state index in [1.165, 1.54) is 60.8 Å². The summed E-state index contributed by atoms with van der Waals surface area (Å²) in [5.41, 5.74) is 17.7. The molecule has 0 atom stereocenters. The van der Waals surface area contributed by atoms with Crippen LogP contribution in [0.5, 0.6) is 0 Å². The Bertz CT molecular complexity index is 3760. The van der Waals surface area contributed by atoms with Gasteiger partial charge >= 0.3 is 0 Å². The summed E-state index contributed by atoms with van der Waals surface area (Å²) in [6.07, 6.45) is 0. The lowest BCUT2D eigenvalue weighted by atomic mass is 9.70. The molecule has 2 aliphatic carbocycles. The Morgan fingerprint density at radius 1 is 0.349 bits per heavy atom. The van der Waals surface area contributed by atoms with Crippen LogP contribution in [0.4, 0.5) is 0 Å². The Balaban J connectivity index is 0.984. The molecular weight excluding hydrogens is 769 g/mol. The standard InChI is InChI=1S/C58H34N4O/c1-3-16-35(17-4-1)55-59-56(36-18-5-2-6-19-36)61-57(60-55)43-25-15-24-42-46-32-37(30-31-53(46)63-54(42)43)62-51-29-14-10-23-41(51)45-33-50-44(34-52(45)62)40-22-9-13-28-49(40)58(50)47-26-11-7-20-38(47)39-21-8-12-27-48(39)58/h1-34H. The van der Waals surface area contributed by atoms with E-state index in [1.54, 1.807) is 0 Å². The molecule has 0 radical (unpaired) electrons. The molecule has 0 bridgehead atoms. The second-order valence-corrected chi connectivity index (χ2v) is 16.7. The van der Waals surface area contributed by atoms with Gasteiger partial charge in [-0.05, 0) is 87.0 Å². The highest BCUT2D eigenvalue weighted by Gasteiger charge is 2.51. The highest BCUT2D eigenvalue weighted by Crippen LogP contribution is 2.63. The molecule has 2 aliphatic rings. The van der Waals surface area contributed by atoms with Gasteiger partial charge in [0.1, 0.15) is 11.2 Å². The first kappa shape index (κ1) is 34.3. The molecular formula is C58H34N4O. The van der Waals surface area contributed by atoms with E-state index < -0.39 is 5.41 Å². The van der Waals surface area contributed by atoms with Crippen molar-refractivity contribution >= 4 is 43.7 Å². The molecule has 9 aromatic carbocycles. The summed E-state index contributed by atoms with van der Waals surface area (Å²) in [4.78, 5) is 15.0. The first-order valence-corrected chi connectivity index (χ1v) is 21.4. The number of aromatic nitrogens is 4. The van der Waals surface area contributed by atoms with Crippen LogP contribution in [-0.2, 0) is 5.41 Å². The summed E-state index contributed by atoms with van der Waals surface area (Å²) < 4.78 is 9.21. The maximum Gasteiger partial charge on any atom is 0.167 e. The summed E-state index contributed by atoms with van der Waals surface area (Å²) in [5.74, 6) is 1.79. The Kier molecular flexibility index (Phi) is 6.97. The van der Waals surface area contributed by atoms with Crippen LogP contribution in [0.15, 0.2) is 211 Å². The van der Waals surface area contributed by atoms with Crippen LogP contribution in [0, 0.1) is 0 Å². The molecule has 0 unspecified atom stereocenters. The smallest absolute Gasteiger partial charge is 0.167 e. The molecule has 63 heavy (non-hydrogen) atoms. The van der Waals surface area contributed by atoms with Gasteiger partial charge in [-0.2, -0.15) is 0 Å². The van der Waals surface area contributed by atoms with E-state index in [1.807, 2.05) is 66.7 Å². The largest absolute Gasteiger partial charge is 0.455 e. The number of fused-ring (bicyclic) bond motifs is 16. The summed E-state index contributed by atoms with van der Waals surface area (Å²) in [6, 6.07) is 73.8. The molecule has 12 aromatic rings. The van der Waals surface area contributed by atoms with Crippen LogP contribution in [0.25, 0.3) is 106 Å². The molecule has 3 heterocycles. The second-order valence-electron chi connectivity index (χ2n) is 16.7. The monoisotopic (exact) mass is 802 g/mol. The van der Waals surface area contributed by atoms with Gasteiger partial charge in [0.25, 0.3) is 0 Å². The summed E-state index contributed by atoms with van der Waals surface area (Å²) >= 11 is 0. The maximum atomic E-state index is 6.78. The van der Waals surface area contributed by atoms with Crippen LogP contribution in [0.1, 0.15) is 22.3 Å².